The van der Waals surface area contributed by atoms with Gasteiger partial charge in [0.2, 0.25) is 0 Å². The van der Waals surface area contributed by atoms with Gasteiger partial charge >= 0.3 is 5.97 Å². The molecule has 2 aliphatic heterocycles. The van der Waals surface area contributed by atoms with E-state index in [1.807, 2.05) is 42.9 Å². The molecule has 0 amide bonds. The number of ether oxygens (including phenoxy) is 2. The quantitative estimate of drug-likeness (QED) is 0.114. The Morgan fingerprint density at radius 2 is 1.54 bits per heavy atom. The van der Waals surface area contributed by atoms with Crippen LogP contribution in [0.15, 0.2) is 84.9 Å². The Kier molecular flexibility index (Phi) is 11.0. The fourth-order valence-electron chi connectivity index (χ4n) is 8.67. The van der Waals surface area contributed by atoms with Crippen LogP contribution >= 0.6 is 0 Å². The summed E-state index contributed by atoms with van der Waals surface area (Å²) >= 11 is 0. The Labute approximate surface area is 334 Å². The van der Waals surface area contributed by atoms with Crippen LogP contribution in [0.25, 0.3) is 32.8 Å². The molecule has 0 bridgehead atoms. The summed E-state index contributed by atoms with van der Waals surface area (Å²) in [5.41, 5.74) is 8.99. The third-order valence-corrected chi connectivity index (χ3v) is 13.0. The first-order chi connectivity index (χ1) is 27.7. The Morgan fingerprint density at radius 3 is 2.30 bits per heavy atom. The molecule has 0 aliphatic carbocycles. The van der Waals surface area contributed by atoms with Crippen LogP contribution in [0.4, 0.5) is 11.4 Å². The van der Waals surface area contributed by atoms with E-state index in [0.717, 1.165) is 86.3 Å². The molecule has 4 heterocycles. The van der Waals surface area contributed by atoms with Crippen LogP contribution in [0.5, 0.6) is 5.75 Å². The number of aromatic nitrogens is 3. The van der Waals surface area contributed by atoms with Crippen molar-refractivity contribution in [1.82, 2.24) is 23.4 Å². The minimum Gasteiger partial charge on any atom is -0.493 e. The van der Waals surface area contributed by atoms with Crippen LogP contribution in [0, 0.1) is 6.92 Å². The molecular formula is C44H51N7O5S. The van der Waals surface area contributed by atoms with Gasteiger partial charge in [-0.2, -0.15) is 17.8 Å². The number of carbonyl (C=O) groups excluding carboxylic acids is 1. The van der Waals surface area contributed by atoms with Gasteiger partial charge in [0.1, 0.15) is 11.4 Å². The van der Waals surface area contributed by atoms with E-state index in [2.05, 4.69) is 86.7 Å². The molecule has 2 aliphatic rings. The summed E-state index contributed by atoms with van der Waals surface area (Å²) in [4.78, 5) is 18.6. The van der Waals surface area contributed by atoms with Crippen molar-refractivity contribution in [3.63, 3.8) is 0 Å². The molecule has 0 spiro atoms. The van der Waals surface area contributed by atoms with E-state index in [1.54, 1.807) is 0 Å². The van der Waals surface area contributed by atoms with Gasteiger partial charge in [0.25, 0.3) is 10.2 Å². The molecule has 1 fully saturated rings. The Hall–Kier alpha value is -5.37. The van der Waals surface area contributed by atoms with Crippen LogP contribution in [0.3, 0.4) is 0 Å². The number of nitrogens with one attached hydrogen (secondary N) is 1. The van der Waals surface area contributed by atoms with Crippen molar-refractivity contribution in [3.05, 3.63) is 108 Å². The molecule has 0 atom stereocenters. The monoisotopic (exact) mass is 789 g/mol. The Bertz CT molecular complexity index is 2510. The van der Waals surface area contributed by atoms with Crippen molar-refractivity contribution in [2.24, 2.45) is 7.05 Å². The van der Waals surface area contributed by atoms with Gasteiger partial charge < -0.3 is 23.8 Å². The van der Waals surface area contributed by atoms with Crippen LogP contribution in [-0.2, 0) is 41.5 Å². The average molecular weight is 790 g/mol. The summed E-state index contributed by atoms with van der Waals surface area (Å²) < 4.78 is 44.9. The summed E-state index contributed by atoms with van der Waals surface area (Å²) in [5.74, 6) is 0.558. The molecule has 13 heteroatoms. The van der Waals surface area contributed by atoms with E-state index in [-0.39, 0.29) is 12.6 Å². The number of hydrogen-bond acceptors (Lipinski definition) is 8. The van der Waals surface area contributed by atoms with Gasteiger partial charge in [0.05, 0.1) is 36.7 Å². The molecule has 0 saturated carbocycles. The summed E-state index contributed by atoms with van der Waals surface area (Å²) in [5, 5.41) is 8.24. The highest BCUT2D eigenvalue weighted by atomic mass is 32.2. The van der Waals surface area contributed by atoms with Crippen LogP contribution in [0.2, 0.25) is 0 Å². The first kappa shape index (κ1) is 38.5. The molecule has 1 N–H and O–H groups in total. The van der Waals surface area contributed by atoms with Crippen LogP contribution in [0.1, 0.15) is 47.2 Å². The molecule has 57 heavy (non-hydrogen) atoms. The average Bonchev–Trinajstić information content (AvgIpc) is 3.70. The third-order valence-electron chi connectivity index (χ3n) is 11.4. The zero-order valence-electron chi connectivity index (χ0n) is 33.2. The van der Waals surface area contributed by atoms with Gasteiger partial charge in [0, 0.05) is 86.6 Å². The minimum atomic E-state index is -3.44. The maximum absolute atomic E-state index is 14.0. The lowest BCUT2D eigenvalue weighted by Gasteiger charge is -2.35. The fourth-order valence-corrected chi connectivity index (χ4v) is 9.57. The number of esters is 1. The lowest BCUT2D eigenvalue weighted by Crippen LogP contribution is -2.51. The van der Waals surface area contributed by atoms with Crippen molar-refractivity contribution in [2.45, 2.75) is 46.2 Å². The van der Waals surface area contributed by atoms with Crippen LogP contribution < -0.4 is 19.3 Å². The number of para-hydroxylation sites is 1. The van der Waals surface area contributed by atoms with Gasteiger partial charge in [-0.05, 0) is 74.4 Å². The fraction of sp³-hybridized carbons (Fsp3) is 0.364. The molecule has 0 unspecified atom stereocenters. The Morgan fingerprint density at radius 1 is 0.842 bits per heavy atom. The van der Waals surface area contributed by atoms with E-state index >= 15 is 0 Å². The molecule has 4 aromatic carbocycles. The predicted molar refractivity (Wildman–Crippen MR) is 226 cm³/mol. The van der Waals surface area contributed by atoms with Crippen LogP contribution in [-0.4, -0.2) is 86.0 Å². The van der Waals surface area contributed by atoms with Gasteiger partial charge in [-0.15, -0.1) is 0 Å². The maximum Gasteiger partial charge on any atom is 0.355 e. The summed E-state index contributed by atoms with van der Waals surface area (Å²) in [6.45, 7) is 8.87. The predicted octanol–water partition coefficient (Wildman–Crippen LogP) is 6.69. The van der Waals surface area contributed by atoms with Gasteiger partial charge in [-0.1, -0.05) is 54.6 Å². The number of rotatable bonds is 11. The van der Waals surface area contributed by atoms with Gasteiger partial charge in [-0.25, -0.2) is 9.52 Å². The number of piperazine rings is 1. The summed E-state index contributed by atoms with van der Waals surface area (Å²) in [6, 6.07) is 29.4. The number of aryl methyl sites for hydroxylation is 4. The Balaban J connectivity index is 1.10. The highest BCUT2D eigenvalue weighted by Gasteiger charge is 2.30. The van der Waals surface area contributed by atoms with E-state index in [4.69, 9.17) is 14.6 Å². The molecule has 8 rings (SSSR count). The second kappa shape index (κ2) is 16.2. The first-order valence-corrected chi connectivity index (χ1v) is 21.4. The number of carbonyl (C=O) groups is 1. The zero-order chi connectivity index (χ0) is 39.7. The smallest absolute Gasteiger partial charge is 0.355 e. The molecule has 2 aromatic heterocycles. The highest BCUT2D eigenvalue weighted by molar-refractivity contribution is 7.87. The largest absolute Gasteiger partial charge is 0.493 e. The van der Waals surface area contributed by atoms with Crippen molar-refractivity contribution in [1.29, 1.82) is 0 Å². The standard InChI is InChI=1S/C44H51N7O5S/c1-5-55-44(52)43-37(17-10-29-56-40-18-8-13-32-12-6-7-14-35(32)40)36-15-9-16-38-41-31(2)46-47(4)39(41)30-49(23-11-24-51(43)42(36)38)34-21-19-33(20-22-34)48-25-27-50(28-26-48)57(53,54)45-3/h6-9,12-16,18-22,45H,5,10-11,17,23-30H2,1-4H3. The molecule has 0 radical (unpaired) electrons. The number of fused-ring (bicyclic) bond motifs is 3. The van der Waals surface area contributed by atoms with E-state index in [9.17, 15) is 13.2 Å². The molecule has 1 saturated heterocycles. The van der Waals surface area contributed by atoms with E-state index in [0.29, 0.717) is 58.0 Å². The second-order valence-corrected chi connectivity index (χ2v) is 16.6. The highest BCUT2D eigenvalue weighted by Crippen LogP contribution is 2.40. The summed E-state index contributed by atoms with van der Waals surface area (Å²) in [7, 11) is 0.0234. The van der Waals surface area contributed by atoms with Crippen molar-refractivity contribution in [3.8, 4) is 16.9 Å². The van der Waals surface area contributed by atoms with Crippen molar-refractivity contribution < 1.29 is 22.7 Å². The summed E-state index contributed by atoms with van der Waals surface area (Å²) in [6.07, 6.45) is 2.18. The number of benzene rings is 4. The maximum atomic E-state index is 14.0. The van der Waals surface area contributed by atoms with E-state index < -0.39 is 10.2 Å². The normalized spacial score (nSPS) is 15.2. The molecular weight excluding hydrogens is 739 g/mol. The lowest BCUT2D eigenvalue weighted by molar-refractivity contribution is 0.0512. The molecule has 298 valence electrons. The van der Waals surface area contributed by atoms with Gasteiger partial charge in [-0.3, -0.25) is 4.68 Å². The second-order valence-electron chi connectivity index (χ2n) is 14.7. The lowest BCUT2D eigenvalue weighted by atomic mass is 9.97. The van der Waals surface area contributed by atoms with Gasteiger partial charge in [0.15, 0.2) is 0 Å². The first-order valence-electron chi connectivity index (χ1n) is 19.9. The molecule has 6 aromatic rings. The SMILES string of the molecule is CCOC(=O)c1c(CCCOc2cccc3ccccc23)c2cccc3c2n1CCCN(c1ccc(N2CCN(S(=O)(=O)NC)CC2)cc1)Cc1c-3c(C)nn1C. The van der Waals surface area contributed by atoms with Crippen molar-refractivity contribution >= 4 is 49.2 Å². The number of nitrogens with zero attached hydrogens (tertiary/aromatic N) is 6. The zero-order valence-corrected chi connectivity index (χ0v) is 34.0. The third kappa shape index (κ3) is 7.47. The number of anilines is 2. The minimum absolute atomic E-state index is 0.289. The number of hydrogen-bond donors (Lipinski definition) is 1. The van der Waals surface area contributed by atoms with Crippen molar-refractivity contribution in [2.75, 3.05) is 62.8 Å². The topological polar surface area (TPSA) is 114 Å². The molecule has 12 nitrogen and oxygen atoms in total. The van der Waals surface area contributed by atoms with E-state index in [1.165, 1.54) is 11.4 Å².